The van der Waals surface area contributed by atoms with E-state index < -0.39 is 17.9 Å². The molecule has 0 saturated carbocycles. The molecule has 6 heteroatoms. The van der Waals surface area contributed by atoms with Crippen molar-refractivity contribution in [2.24, 2.45) is 5.73 Å². The number of carboxylic acids is 1. The molecule has 0 aliphatic heterocycles. The highest BCUT2D eigenvalue weighted by Crippen LogP contribution is 1.91. The summed E-state index contributed by atoms with van der Waals surface area (Å²) < 4.78 is 0. The zero-order valence-electron chi connectivity index (χ0n) is 9.90. The second-order valence-electron chi connectivity index (χ2n) is 4.01. The molecule has 0 aliphatic carbocycles. The van der Waals surface area contributed by atoms with Gasteiger partial charge in [-0.1, -0.05) is 0 Å². The summed E-state index contributed by atoms with van der Waals surface area (Å²) in [5.41, 5.74) is 5.38. The van der Waals surface area contributed by atoms with Gasteiger partial charge in [0.2, 0.25) is 5.91 Å². The molecule has 0 aromatic rings. The van der Waals surface area contributed by atoms with Crippen LogP contribution in [-0.2, 0) is 9.59 Å². The van der Waals surface area contributed by atoms with E-state index in [9.17, 15) is 9.59 Å². The minimum atomic E-state index is -1.06. The van der Waals surface area contributed by atoms with E-state index in [1.165, 1.54) is 0 Å². The summed E-state index contributed by atoms with van der Waals surface area (Å²) in [7, 11) is 3.97. The molecule has 0 saturated heterocycles. The van der Waals surface area contributed by atoms with E-state index in [0.29, 0.717) is 6.54 Å². The number of nitrogens with one attached hydrogen (secondary N) is 1. The number of rotatable bonds is 8. The highest BCUT2D eigenvalue weighted by molar-refractivity contribution is 5.85. The predicted molar refractivity (Wildman–Crippen MR) is 61.0 cm³/mol. The highest BCUT2D eigenvalue weighted by atomic mass is 16.4. The Labute approximate surface area is 95.8 Å². The Morgan fingerprint density at radius 2 is 2.00 bits per heavy atom. The zero-order chi connectivity index (χ0) is 12.6. The Morgan fingerprint density at radius 3 is 2.50 bits per heavy atom. The second kappa shape index (κ2) is 8.06. The van der Waals surface area contributed by atoms with Crippen LogP contribution in [0.15, 0.2) is 0 Å². The van der Waals surface area contributed by atoms with E-state index in [-0.39, 0.29) is 6.42 Å². The average molecular weight is 231 g/mol. The molecule has 16 heavy (non-hydrogen) atoms. The Bertz CT molecular complexity index is 231. The van der Waals surface area contributed by atoms with Crippen LogP contribution in [0.4, 0.5) is 0 Å². The first-order valence-electron chi connectivity index (χ1n) is 5.33. The number of nitrogens with two attached hydrogens (primary N) is 1. The maximum absolute atomic E-state index is 11.3. The van der Waals surface area contributed by atoms with Crippen LogP contribution < -0.4 is 11.1 Å². The van der Waals surface area contributed by atoms with Crippen molar-refractivity contribution in [3.8, 4) is 0 Å². The number of aliphatic carboxylic acids is 1. The lowest BCUT2D eigenvalue weighted by Gasteiger charge is -2.11. The lowest BCUT2D eigenvalue weighted by Crippen LogP contribution is -2.42. The predicted octanol–water partition coefficient (Wildman–Crippen LogP) is -0.754. The third-order valence-corrected chi connectivity index (χ3v) is 2.06. The Hall–Kier alpha value is -1.14. The largest absolute Gasteiger partial charge is 0.481 e. The molecule has 4 N–H and O–H groups in total. The molecule has 0 radical (unpaired) electrons. The molecular formula is C10H21N3O3. The van der Waals surface area contributed by atoms with Gasteiger partial charge in [0, 0.05) is 6.54 Å². The second-order valence-corrected chi connectivity index (χ2v) is 4.01. The normalized spacial score (nSPS) is 12.5. The smallest absolute Gasteiger partial charge is 0.305 e. The van der Waals surface area contributed by atoms with Crippen molar-refractivity contribution >= 4 is 11.9 Å². The maximum atomic E-state index is 11.3. The highest BCUT2D eigenvalue weighted by Gasteiger charge is 2.15. The maximum Gasteiger partial charge on any atom is 0.305 e. The summed E-state index contributed by atoms with van der Waals surface area (Å²) in [5, 5.41) is 11.1. The fraction of sp³-hybridized carbons (Fsp3) is 0.800. The van der Waals surface area contributed by atoms with Gasteiger partial charge in [-0.05, 0) is 33.5 Å². The van der Waals surface area contributed by atoms with Crippen LogP contribution in [0.1, 0.15) is 19.3 Å². The molecule has 1 unspecified atom stereocenters. The quantitative estimate of drug-likeness (QED) is 0.478. The molecule has 0 heterocycles. The molecule has 1 atom stereocenters. The molecule has 94 valence electrons. The number of carbonyl (C=O) groups is 2. The Kier molecular flexibility index (Phi) is 7.49. The van der Waals surface area contributed by atoms with Crippen LogP contribution in [0.25, 0.3) is 0 Å². The summed E-state index contributed by atoms with van der Waals surface area (Å²) in [5.74, 6) is -1.46. The van der Waals surface area contributed by atoms with Gasteiger partial charge in [0.05, 0.1) is 12.5 Å². The first-order valence-corrected chi connectivity index (χ1v) is 5.33. The number of amides is 1. The summed E-state index contributed by atoms with van der Waals surface area (Å²) in [6, 6.07) is -0.952. The van der Waals surface area contributed by atoms with Crippen LogP contribution in [0.2, 0.25) is 0 Å². The zero-order valence-corrected chi connectivity index (χ0v) is 9.90. The number of carboxylic acid groups (broad SMARTS) is 1. The summed E-state index contributed by atoms with van der Waals surface area (Å²) in [6.07, 6.45) is 1.52. The van der Waals surface area contributed by atoms with Crippen molar-refractivity contribution in [2.75, 3.05) is 27.2 Å². The third kappa shape index (κ3) is 8.19. The van der Waals surface area contributed by atoms with Gasteiger partial charge in [-0.15, -0.1) is 0 Å². The van der Waals surface area contributed by atoms with Crippen LogP contribution in [-0.4, -0.2) is 55.1 Å². The molecule has 0 aliphatic rings. The van der Waals surface area contributed by atoms with E-state index in [0.717, 1.165) is 19.4 Å². The molecule has 0 rings (SSSR count). The lowest BCUT2D eigenvalue weighted by molar-refractivity contribution is -0.139. The minimum Gasteiger partial charge on any atom is -0.481 e. The van der Waals surface area contributed by atoms with E-state index in [2.05, 4.69) is 10.2 Å². The first-order chi connectivity index (χ1) is 7.43. The van der Waals surface area contributed by atoms with Crippen molar-refractivity contribution in [3.63, 3.8) is 0 Å². The van der Waals surface area contributed by atoms with Crippen LogP contribution >= 0.6 is 0 Å². The van der Waals surface area contributed by atoms with Crippen molar-refractivity contribution < 1.29 is 14.7 Å². The van der Waals surface area contributed by atoms with Gasteiger partial charge in [0.25, 0.3) is 0 Å². The van der Waals surface area contributed by atoms with Gasteiger partial charge < -0.3 is 21.1 Å². The Morgan fingerprint density at radius 1 is 1.38 bits per heavy atom. The standard InChI is InChI=1S/C10H21N3O3/c1-13(2)6-4-3-5-12-10(16)8(11)7-9(14)15/h8H,3-7,11H2,1-2H3,(H,12,16)(H,14,15). The Balaban J connectivity index is 3.53. The first kappa shape index (κ1) is 14.9. The fourth-order valence-corrected chi connectivity index (χ4v) is 1.18. The van der Waals surface area contributed by atoms with E-state index in [1.807, 2.05) is 14.1 Å². The number of hydrogen-bond acceptors (Lipinski definition) is 4. The van der Waals surface area contributed by atoms with Crippen LogP contribution in [0, 0.1) is 0 Å². The van der Waals surface area contributed by atoms with Crippen LogP contribution in [0.3, 0.4) is 0 Å². The summed E-state index contributed by atoms with van der Waals surface area (Å²) in [4.78, 5) is 23.6. The molecule has 0 aromatic carbocycles. The van der Waals surface area contributed by atoms with Crippen molar-refractivity contribution in [3.05, 3.63) is 0 Å². The van der Waals surface area contributed by atoms with Gasteiger partial charge in [-0.25, -0.2) is 0 Å². The van der Waals surface area contributed by atoms with E-state index >= 15 is 0 Å². The topological polar surface area (TPSA) is 95.7 Å². The lowest BCUT2D eigenvalue weighted by atomic mass is 10.2. The molecular weight excluding hydrogens is 210 g/mol. The van der Waals surface area contributed by atoms with Gasteiger partial charge in [0.1, 0.15) is 0 Å². The number of unbranched alkanes of at least 4 members (excludes halogenated alkanes) is 1. The number of nitrogens with zero attached hydrogens (tertiary/aromatic N) is 1. The third-order valence-electron chi connectivity index (χ3n) is 2.06. The monoisotopic (exact) mass is 231 g/mol. The summed E-state index contributed by atoms with van der Waals surface area (Å²) in [6.45, 7) is 1.51. The number of carbonyl (C=O) groups excluding carboxylic acids is 1. The number of hydrogen-bond donors (Lipinski definition) is 3. The van der Waals surface area contributed by atoms with Gasteiger partial charge in [-0.3, -0.25) is 9.59 Å². The van der Waals surface area contributed by atoms with Gasteiger partial charge >= 0.3 is 5.97 Å². The van der Waals surface area contributed by atoms with E-state index in [4.69, 9.17) is 10.8 Å². The van der Waals surface area contributed by atoms with E-state index in [1.54, 1.807) is 0 Å². The SMILES string of the molecule is CN(C)CCCCNC(=O)C(N)CC(=O)O. The molecule has 0 fully saturated rings. The molecule has 0 spiro atoms. The summed E-state index contributed by atoms with van der Waals surface area (Å²) >= 11 is 0. The molecule has 1 amide bonds. The fourth-order valence-electron chi connectivity index (χ4n) is 1.18. The molecule has 6 nitrogen and oxygen atoms in total. The molecule has 0 aromatic heterocycles. The average Bonchev–Trinajstić information content (AvgIpc) is 2.15. The van der Waals surface area contributed by atoms with Crippen molar-refractivity contribution in [2.45, 2.75) is 25.3 Å². The molecule has 0 bridgehead atoms. The van der Waals surface area contributed by atoms with Crippen molar-refractivity contribution in [1.82, 2.24) is 10.2 Å². The minimum absolute atomic E-state index is 0.330. The van der Waals surface area contributed by atoms with Crippen molar-refractivity contribution in [1.29, 1.82) is 0 Å². The van der Waals surface area contributed by atoms with Crippen LogP contribution in [0.5, 0.6) is 0 Å². The van der Waals surface area contributed by atoms with Gasteiger partial charge in [0.15, 0.2) is 0 Å². The van der Waals surface area contributed by atoms with Gasteiger partial charge in [-0.2, -0.15) is 0 Å².